The highest BCUT2D eigenvalue weighted by Gasteiger charge is 2.08. The van der Waals surface area contributed by atoms with E-state index in [1.807, 2.05) is 49.4 Å². The molecule has 0 saturated heterocycles. The predicted molar refractivity (Wildman–Crippen MR) is 80.9 cm³/mol. The van der Waals surface area contributed by atoms with Crippen molar-refractivity contribution in [2.45, 2.75) is 20.1 Å². The van der Waals surface area contributed by atoms with Crippen LogP contribution in [0.5, 0.6) is 5.75 Å². The van der Waals surface area contributed by atoms with Crippen molar-refractivity contribution in [3.05, 3.63) is 65.2 Å². The number of hydrogen-bond acceptors (Lipinski definition) is 3. The molecule has 2 aromatic carbocycles. The van der Waals surface area contributed by atoms with Gasteiger partial charge in [0.25, 0.3) is 5.91 Å². The number of hydrogen-bond donors (Lipinski definition) is 2. The Kier molecular flexibility index (Phi) is 5.35. The smallest absolute Gasteiger partial charge is 0.258 e. The minimum absolute atomic E-state index is 0.0648. The van der Waals surface area contributed by atoms with Crippen molar-refractivity contribution in [2.24, 2.45) is 0 Å². The summed E-state index contributed by atoms with van der Waals surface area (Å²) in [5, 5.41) is 12.1. The molecule has 4 nitrogen and oxygen atoms in total. The van der Waals surface area contributed by atoms with E-state index in [1.54, 1.807) is 6.07 Å². The van der Waals surface area contributed by atoms with Crippen molar-refractivity contribution in [1.29, 1.82) is 0 Å². The molecule has 0 fully saturated rings. The predicted octanol–water partition coefficient (Wildman–Crippen LogP) is 2.18. The van der Waals surface area contributed by atoms with Crippen LogP contribution in [0.2, 0.25) is 0 Å². The molecule has 0 aliphatic heterocycles. The van der Waals surface area contributed by atoms with Gasteiger partial charge in [-0.25, -0.2) is 0 Å². The molecular weight excluding hydrogens is 266 g/mol. The zero-order valence-electron chi connectivity index (χ0n) is 12.0. The van der Waals surface area contributed by atoms with Gasteiger partial charge < -0.3 is 15.2 Å². The molecule has 0 aliphatic carbocycles. The van der Waals surface area contributed by atoms with Gasteiger partial charge in [0.2, 0.25) is 0 Å². The number of carbonyl (C=O) groups is 1. The van der Waals surface area contributed by atoms with E-state index in [-0.39, 0.29) is 19.1 Å². The fraction of sp³-hybridized carbons (Fsp3) is 0.235. The van der Waals surface area contributed by atoms with Gasteiger partial charge in [-0.05, 0) is 18.1 Å². The Morgan fingerprint density at radius 3 is 2.62 bits per heavy atom. The average Bonchev–Trinajstić information content (AvgIpc) is 2.52. The van der Waals surface area contributed by atoms with Crippen LogP contribution in [0.15, 0.2) is 48.5 Å². The van der Waals surface area contributed by atoms with Crippen molar-refractivity contribution >= 4 is 5.91 Å². The van der Waals surface area contributed by atoms with Crippen LogP contribution in [0, 0.1) is 6.92 Å². The Morgan fingerprint density at radius 1 is 1.14 bits per heavy atom. The molecule has 0 bridgehead atoms. The zero-order valence-corrected chi connectivity index (χ0v) is 12.0. The van der Waals surface area contributed by atoms with Gasteiger partial charge in [0.15, 0.2) is 6.61 Å². The SMILES string of the molecule is Cc1cccc(CO)c1OCC(=O)NCc1ccccc1. The van der Waals surface area contributed by atoms with Crippen LogP contribution in [0.25, 0.3) is 0 Å². The van der Waals surface area contributed by atoms with Gasteiger partial charge in [0, 0.05) is 12.1 Å². The summed E-state index contributed by atoms with van der Waals surface area (Å²) < 4.78 is 5.54. The first-order valence-corrected chi connectivity index (χ1v) is 6.83. The molecule has 0 atom stereocenters. The minimum Gasteiger partial charge on any atom is -0.483 e. The maximum Gasteiger partial charge on any atom is 0.258 e. The third kappa shape index (κ3) is 4.33. The first kappa shape index (κ1) is 15.1. The van der Waals surface area contributed by atoms with E-state index >= 15 is 0 Å². The molecule has 0 radical (unpaired) electrons. The molecule has 1 amide bonds. The third-order valence-corrected chi connectivity index (χ3v) is 3.14. The van der Waals surface area contributed by atoms with Gasteiger partial charge in [-0.3, -0.25) is 4.79 Å². The molecule has 0 aliphatic rings. The Morgan fingerprint density at radius 2 is 1.90 bits per heavy atom. The monoisotopic (exact) mass is 285 g/mol. The van der Waals surface area contributed by atoms with Crippen molar-refractivity contribution < 1.29 is 14.6 Å². The van der Waals surface area contributed by atoms with E-state index in [9.17, 15) is 9.90 Å². The molecule has 0 aromatic heterocycles. The summed E-state index contributed by atoms with van der Waals surface area (Å²) in [6.07, 6.45) is 0. The van der Waals surface area contributed by atoms with Crippen LogP contribution in [0.3, 0.4) is 0 Å². The number of aryl methyl sites for hydroxylation is 1. The molecule has 110 valence electrons. The average molecular weight is 285 g/mol. The van der Waals surface area contributed by atoms with Crippen LogP contribution in [0.4, 0.5) is 0 Å². The summed E-state index contributed by atoms with van der Waals surface area (Å²) in [5.41, 5.74) is 2.63. The van der Waals surface area contributed by atoms with Crippen molar-refractivity contribution in [2.75, 3.05) is 6.61 Å². The normalized spacial score (nSPS) is 10.2. The quantitative estimate of drug-likeness (QED) is 0.855. The van der Waals surface area contributed by atoms with E-state index in [4.69, 9.17) is 4.74 Å². The van der Waals surface area contributed by atoms with E-state index in [0.717, 1.165) is 11.1 Å². The second-order valence-corrected chi connectivity index (χ2v) is 4.77. The highest BCUT2D eigenvalue weighted by molar-refractivity contribution is 5.77. The Bertz CT molecular complexity index is 596. The number of nitrogens with one attached hydrogen (secondary N) is 1. The third-order valence-electron chi connectivity index (χ3n) is 3.14. The first-order valence-electron chi connectivity index (χ1n) is 6.83. The lowest BCUT2D eigenvalue weighted by Gasteiger charge is -2.13. The lowest BCUT2D eigenvalue weighted by atomic mass is 10.1. The summed E-state index contributed by atoms with van der Waals surface area (Å²) >= 11 is 0. The number of benzene rings is 2. The zero-order chi connectivity index (χ0) is 15.1. The molecular formula is C17H19NO3. The molecule has 21 heavy (non-hydrogen) atoms. The molecule has 0 spiro atoms. The Hall–Kier alpha value is -2.33. The van der Waals surface area contributed by atoms with E-state index in [2.05, 4.69) is 5.32 Å². The van der Waals surface area contributed by atoms with Crippen LogP contribution in [-0.2, 0) is 17.9 Å². The molecule has 4 heteroatoms. The largest absolute Gasteiger partial charge is 0.483 e. The lowest BCUT2D eigenvalue weighted by Crippen LogP contribution is -2.28. The Balaban J connectivity index is 1.87. The number of carbonyl (C=O) groups excluding carboxylic acids is 1. The summed E-state index contributed by atoms with van der Waals surface area (Å²) in [5.74, 6) is 0.390. The number of rotatable bonds is 6. The lowest BCUT2D eigenvalue weighted by molar-refractivity contribution is -0.123. The van der Waals surface area contributed by atoms with Crippen LogP contribution < -0.4 is 10.1 Å². The van der Waals surface area contributed by atoms with Crippen LogP contribution in [0.1, 0.15) is 16.7 Å². The second-order valence-electron chi connectivity index (χ2n) is 4.77. The maximum atomic E-state index is 11.8. The Labute approximate surface area is 124 Å². The second kappa shape index (κ2) is 7.45. The molecule has 0 unspecified atom stereocenters. The number of aliphatic hydroxyl groups is 1. The molecule has 0 heterocycles. The topological polar surface area (TPSA) is 58.6 Å². The van der Waals surface area contributed by atoms with Crippen LogP contribution in [-0.4, -0.2) is 17.6 Å². The van der Waals surface area contributed by atoms with Crippen molar-refractivity contribution in [3.8, 4) is 5.75 Å². The molecule has 2 N–H and O–H groups in total. The number of ether oxygens (including phenoxy) is 1. The van der Waals surface area contributed by atoms with Crippen molar-refractivity contribution in [1.82, 2.24) is 5.32 Å². The molecule has 2 rings (SSSR count). The number of aliphatic hydroxyl groups excluding tert-OH is 1. The van der Waals surface area contributed by atoms with E-state index in [0.29, 0.717) is 17.9 Å². The van der Waals surface area contributed by atoms with Gasteiger partial charge in [0.05, 0.1) is 6.61 Å². The summed E-state index contributed by atoms with van der Waals surface area (Å²) in [4.78, 5) is 11.8. The van der Waals surface area contributed by atoms with Crippen LogP contribution >= 0.6 is 0 Å². The first-order chi connectivity index (χ1) is 10.2. The minimum atomic E-state index is -0.189. The highest BCUT2D eigenvalue weighted by atomic mass is 16.5. The van der Waals surface area contributed by atoms with Gasteiger partial charge in [-0.2, -0.15) is 0 Å². The van der Waals surface area contributed by atoms with E-state index < -0.39 is 0 Å². The highest BCUT2D eigenvalue weighted by Crippen LogP contribution is 2.23. The fourth-order valence-corrected chi connectivity index (χ4v) is 2.03. The van der Waals surface area contributed by atoms with Gasteiger partial charge in [0.1, 0.15) is 5.75 Å². The van der Waals surface area contributed by atoms with Gasteiger partial charge >= 0.3 is 0 Å². The van der Waals surface area contributed by atoms with E-state index in [1.165, 1.54) is 0 Å². The summed E-state index contributed by atoms with van der Waals surface area (Å²) in [7, 11) is 0. The maximum absolute atomic E-state index is 11.8. The van der Waals surface area contributed by atoms with Gasteiger partial charge in [-0.1, -0.05) is 48.5 Å². The fourth-order valence-electron chi connectivity index (χ4n) is 2.03. The van der Waals surface area contributed by atoms with Gasteiger partial charge in [-0.15, -0.1) is 0 Å². The van der Waals surface area contributed by atoms with Crippen molar-refractivity contribution in [3.63, 3.8) is 0 Å². The summed E-state index contributed by atoms with van der Waals surface area (Å²) in [6.45, 7) is 2.19. The molecule has 2 aromatic rings. The summed E-state index contributed by atoms with van der Waals surface area (Å²) in [6, 6.07) is 15.2. The number of amides is 1. The standard InChI is InChI=1S/C17H19NO3/c1-13-6-5-9-15(11-19)17(13)21-12-16(20)18-10-14-7-3-2-4-8-14/h2-9,19H,10-12H2,1H3,(H,18,20). The number of para-hydroxylation sites is 1. The molecule has 0 saturated carbocycles.